The minimum absolute atomic E-state index is 0.0577. The van der Waals surface area contributed by atoms with E-state index in [-0.39, 0.29) is 12.0 Å². The smallest absolute Gasteiger partial charge is 0.335 e. The first-order chi connectivity index (χ1) is 8.76. The molecule has 0 amide bonds. The van der Waals surface area contributed by atoms with Crippen molar-refractivity contribution in [2.45, 2.75) is 25.8 Å². The van der Waals surface area contributed by atoms with Crippen LogP contribution in [0.5, 0.6) is 0 Å². The fourth-order valence-corrected chi connectivity index (χ4v) is 2.23. The summed E-state index contributed by atoms with van der Waals surface area (Å²) in [6, 6.07) is 10.0. The number of allylic oxidation sites excluding steroid dienone is 1. The molecule has 0 saturated carbocycles. The third-order valence-electron chi connectivity index (χ3n) is 3.16. The third kappa shape index (κ3) is 2.50. The van der Waals surface area contributed by atoms with E-state index in [1.807, 2.05) is 25.1 Å². The van der Waals surface area contributed by atoms with Gasteiger partial charge >= 0.3 is 5.97 Å². The normalized spacial score (nSPS) is 19.6. The van der Waals surface area contributed by atoms with Gasteiger partial charge in [-0.25, -0.2) is 4.79 Å². The van der Waals surface area contributed by atoms with E-state index in [9.17, 15) is 4.79 Å². The first kappa shape index (κ1) is 12.6. The maximum absolute atomic E-state index is 11.6. The minimum atomic E-state index is -0.277. The third-order valence-corrected chi connectivity index (χ3v) is 3.16. The van der Waals surface area contributed by atoms with Gasteiger partial charge in [-0.05, 0) is 25.3 Å². The second-order valence-corrected chi connectivity index (χ2v) is 4.23. The van der Waals surface area contributed by atoms with Gasteiger partial charge in [0.2, 0.25) is 0 Å². The summed E-state index contributed by atoms with van der Waals surface area (Å²) in [5, 5.41) is 0. The maximum atomic E-state index is 11.6. The molecule has 1 aromatic carbocycles. The van der Waals surface area contributed by atoms with Crippen LogP contribution in [-0.2, 0) is 9.53 Å². The summed E-state index contributed by atoms with van der Waals surface area (Å²) >= 11 is 0. The molecule has 18 heavy (non-hydrogen) atoms. The number of nitrogens with zero attached hydrogens (tertiary/aromatic N) is 1. The number of hydrogen-bond acceptors (Lipinski definition) is 3. The zero-order valence-electron chi connectivity index (χ0n) is 10.7. The van der Waals surface area contributed by atoms with Crippen LogP contribution in [0.3, 0.4) is 0 Å². The second kappa shape index (κ2) is 5.63. The van der Waals surface area contributed by atoms with Crippen molar-refractivity contribution in [1.82, 2.24) is 0 Å². The lowest BCUT2D eigenvalue weighted by atomic mass is 10.0. The molecule has 0 spiro atoms. The van der Waals surface area contributed by atoms with Gasteiger partial charge < -0.3 is 4.74 Å². The molecule has 1 aliphatic heterocycles. The number of hydrogen-bond donors (Lipinski definition) is 0. The van der Waals surface area contributed by atoms with E-state index in [2.05, 4.69) is 17.1 Å². The number of aliphatic imine (C=N–C) groups is 1. The number of carbonyl (C=O) groups is 1. The average Bonchev–Trinajstić information content (AvgIpc) is 2.90. The standard InChI is InChI=1S/C15H17NO2/c1-3-12(15(17)18-2)14-10-9-13(16-14)11-7-5-4-6-8-11/h3-8,14H,9-10H2,1-2H3/b12-3+/t14-/m0/s1. The van der Waals surface area contributed by atoms with Crippen LogP contribution in [0, 0.1) is 0 Å². The van der Waals surface area contributed by atoms with Gasteiger partial charge in [0.05, 0.1) is 18.7 Å². The fourth-order valence-electron chi connectivity index (χ4n) is 2.23. The van der Waals surface area contributed by atoms with E-state index in [0.717, 1.165) is 24.1 Å². The van der Waals surface area contributed by atoms with Crippen molar-refractivity contribution in [3.8, 4) is 0 Å². The van der Waals surface area contributed by atoms with Crippen molar-refractivity contribution in [1.29, 1.82) is 0 Å². The highest BCUT2D eigenvalue weighted by Gasteiger charge is 2.25. The molecular formula is C15H17NO2. The summed E-state index contributed by atoms with van der Waals surface area (Å²) in [7, 11) is 1.41. The van der Waals surface area contributed by atoms with Crippen molar-refractivity contribution in [2.75, 3.05) is 7.11 Å². The molecule has 1 atom stereocenters. The van der Waals surface area contributed by atoms with Gasteiger partial charge in [0.1, 0.15) is 0 Å². The van der Waals surface area contributed by atoms with Gasteiger partial charge in [0.15, 0.2) is 0 Å². The molecule has 2 rings (SSSR count). The fraction of sp³-hybridized carbons (Fsp3) is 0.333. The monoisotopic (exact) mass is 243 g/mol. The van der Waals surface area contributed by atoms with Gasteiger partial charge in [-0.1, -0.05) is 36.4 Å². The van der Waals surface area contributed by atoms with Gasteiger partial charge in [0, 0.05) is 5.71 Å². The van der Waals surface area contributed by atoms with Crippen LogP contribution >= 0.6 is 0 Å². The van der Waals surface area contributed by atoms with Gasteiger partial charge in [0.25, 0.3) is 0 Å². The van der Waals surface area contributed by atoms with E-state index >= 15 is 0 Å². The van der Waals surface area contributed by atoms with E-state index in [0.29, 0.717) is 5.57 Å². The minimum Gasteiger partial charge on any atom is -0.466 e. The summed E-state index contributed by atoms with van der Waals surface area (Å²) < 4.78 is 4.78. The van der Waals surface area contributed by atoms with Crippen molar-refractivity contribution in [3.63, 3.8) is 0 Å². The predicted molar refractivity (Wildman–Crippen MR) is 71.8 cm³/mol. The zero-order valence-corrected chi connectivity index (χ0v) is 10.7. The topological polar surface area (TPSA) is 38.7 Å². The Bertz CT molecular complexity index is 488. The van der Waals surface area contributed by atoms with Crippen molar-refractivity contribution < 1.29 is 9.53 Å². The van der Waals surface area contributed by atoms with Gasteiger partial charge in [-0.3, -0.25) is 4.99 Å². The highest BCUT2D eigenvalue weighted by atomic mass is 16.5. The Morgan fingerprint density at radius 1 is 1.39 bits per heavy atom. The van der Waals surface area contributed by atoms with Crippen molar-refractivity contribution >= 4 is 11.7 Å². The summed E-state index contributed by atoms with van der Waals surface area (Å²) in [6.07, 6.45) is 3.58. The predicted octanol–water partition coefficient (Wildman–Crippen LogP) is 2.76. The summed E-state index contributed by atoms with van der Waals surface area (Å²) in [4.78, 5) is 16.3. The number of benzene rings is 1. The van der Waals surface area contributed by atoms with Crippen molar-refractivity contribution in [3.05, 3.63) is 47.5 Å². The van der Waals surface area contributed by atoms with Crippen LogP contribution in [0.1, 0.15) is 25.3 Å². The Labute approximate surface area is 107 Å². The molecule has 0 aliphatic carbocycles. The summed E-state index contributed by atoms with van der Waals surface area (Å²) in [5.41, 5.74) is 2.87. The van der Waals surface area contributed by atoms with E-state index < -0.39 is 0 Å². The molecule has 0 N–H and O–H groups in total. The molecule has 3 nitrogen and oxygen atoms in total. The molecule has 94 valence electrons. The second-order valence-electron chi connectivity index (χ2n) is 4.23. The van der Waals surface area contributed by atoms with Crippen LogP contribution in [-0.4, -0.2) is 24.8 Å². The number of esters is 1. The van der Waals surface area contributed by atoms with Crippen LogP contribution in [0.15, 0.2) is 47.0 Å². The molecular weight excluding hydrogens is 226 g/mol. The van der Waals surface area contributed by atoms with Crippen LogP contribution in [0.4, 0.5) is 0 Å². The number of carbonyl (C=O) groups excluding carboxylic acids is 1. The Balaban J connectivity index is 2.20. The molecule has 0 aromatic heterocycles. The van der Waals surface area contributed by atoms with E-state index in [1.54, 1.807) is 6.08 Å². The lowest BCUT2D eigenvalue weighted by molar-refractivity contribution is -0.136. The van der Waals surface area contributed by atoms with Crippen LogP contribution in [0.2, 0.25) is 0 Å². The van der Waals surface area contributed by atoms with Gasteiger partial charge in [-0.15, -0.1) is 0 Å². The number of rotatable bonds is 3. The SMILES string of the molecule is C/C=C(/C(=O)OC)[C@@H]1CCC(c2ccccc2)=N1. The van der Waals surface area contributed by atoms with E-state index in [4.69, 9.17) is 4.74 Å². The Morgan fingerprint density at radius 3 is 2.72 bits per heavy atom. The highest BCUT2D eigenvalue weighted by Crippen LogP contribution is 2.24. The molecule has 0 unspecified atom stereocenters. The molecule has 0 saturated heterocycles. The van der Waals surface area contributed by atoms with Crippen LogP contribution < -0.4 is 0 Å². The van der Waals surface area contributed by atoms with Crippen LogP contribution in [0.25, 0.3) is 0 Å². The molecule has 3 heteroatoms. The van der Waals surface area contributed by atoms with E-state index in [1.165, 1.54) is 7.11 Å². The van der Waals surface area contributed by atoms with Gasteiger partial charge in [-0.2, -0.15) is 0 Å². The largest absolute Gasteiger partial charge is 0.466 e. The average molecular weight is 243 g/mol. The molecule has 1 aromatic rings. The summed E-state index contributed by atoms with van der Waals surface area (Å²) in [6.45, 7) is 1.85. The number of ether oxygens (including phenoxy) is 1. The molecule has 0 bridgehead atoms. The number of methoxy groups -OCH3 is 1. The quantitative estimate of drug-likeness (QED) is 0.605. The Hall–Kier alpha value is -1.90. The molecule has 1 heterocycles. The first-order valence-corrected chi connectivity index (χ1v) is 6.13. The Kier molecular flexibility index (Phi) is 3.92. The zero-order chi connectivity index (χ0) is 13.0. The molecule has 0 fully saturated rings. The highest BCUT2D eigenvalue weighted by molar-refractivity contribution is 6.03. The van der Waals surface area contributed by atoms with Crippen molar-refractivity contribution in [2.24, 2.45) is 4.99 Å². The summed E-state index contributed by atoms with van der Waals surface area (Å²) in [5.74, 6) is -0.277. The molecule has 1 aliphatic rings. The Morgan fingerprint density at radius 2 is 2.11 bits per heavy atom. The first-order valence-electron chi connectivity index (χ1n) is 6.13. The maximum Gasteiger partial charge on any atom is 0.335 e. The lowest BCUT2D eigenvalue weighted by Crippen LogP contribution is -2.15. The lowest BCUT2D eigenvalue weighted by Gasteiger charge is -2.08. The molecule has 0 radical (unpaired) electrons.